The third-order valence-corrected chi connectivity index (χ3v) is 6.08. The zero-order valence-corrected chi connectivity index (χ0v) is 17.3. The summed E-state index contributed by atoms with van der Waals surface area (Å²) < 4.78 is 0. The average Bonchev–Trinajstić information content (AvgIpc) is 2.72. The van der Waals surface area contributed by atoms with E-state index in [9.17, 15) is 9.59 Å². The maximum absolute atomic E-state index is 13.4. The minimum Gasteiger partial charge on any atom is -0.398 e. The van der Waals surface area contributed by atoms with Crippen molar-refractivity contribution in [3.63, 3.8) is 0 Å². The van der Waals surface area contributed by atoms with E-state index in [1.54, 1.807) is 0 Å². The number of hydrogen-bond donors (Lipinski definition) is 1. The van der Waals surface area contributed by atoms with E-state index in [-0.39, 0.29) is 17.7 Å². The first-order valence-electron chi connectivity index (χ1n) is 10.5. The summed E-state index contributed by atoms with van der Waals surface area (Å²) in [6.45, 7) is 5.92. The molecule has 2 heterocycles. The zero-order valence-electron chi connectivity index (χ0n) is 17.3. The molecule has 0 bridgehead atoms. The van der Waals surface area contributed by atoms with Gasteiger partial charge in [0, 0.05) is 36.6 Å². The van der Waals surface area contributed by atoms with Crippen LogP contribution in [0.4, 0.5) is 11.4 Å². The van der Waals surface area contributed by atoms with Crippen molar-refractivity contribution in [2.45, 2.75) is 39.5 Å². The molecule has 0 aromatic heterocycles. The molecule has 1 fully saturated rings. The molecule has 0 saturated carbocycles. The number of rotatable bonds is 2. The lowest BCUT2D eigenvalue weighted by atomic mass is 9.93. The van der Waals surface area contributed by atoms with Crippen LogP contribution in [-0.4, -0.2) is 36.3 Å². The number of carbonyl (C=O) groups excluding carboxylic acids is 2. The Morgan fingerprint density at radius 3 is 2.55 bits per heavy atom. The molecule has 0 spiro atoms. The van der Waals surface area contributed by atoms with Gasteiger partial charge in [-0.25, -0.2) is 0 Å². The fourth-order valence-corrected chi connectivity index (χ4v) is 4.74. The molecule has 5 heteroatoms. The molecule has 4 rings (SSSR count). The molecule has 5 nitrogen and oxygen atoms in total. The van der Waals surface area contributed by atoms with Crippen LogP contribution < -0.4 is 10.6 Å². The molecule has 0 radical (unpaired) electrons. The van der Waals surface area contributed by atoms with Gasteiger partial charge in [-0.1, -0.05) is 23.3 Å². The molecule has 1 atom stereocenters. The summed E-state index contributed by atoms with van der Waals surface area (Å²) >= 11 is 0. The first kappa shape index (κ1) is 19.5. The van der Waals surface area contributed by atoms with E-state index in [0.29, 0.717) is 18.7 Å². The molecule has 2 aliphatic heterocycles. The van der Waals surface area contributed by atoms with Crippen LogP contribution in [0.1, 0.15) is 46.3 Å². The molecule has 2 aromatic rings. The zero-order chi connectivity index (χ0) is 20.5. The Bertz CT molecular complexity index is 933. The van der Waals surface area contributed by atoms with Crippen molar-refractivity contribution in [3.8, 4) is 0 Å². The fourth-order valence-electron chi connectivity index (χ4n) is 4.74. The highest BCUT2D eigenvalue weighted by molar-refractivity contribution is 5.98. The number of benzene rings is 2. The van der Waals surface area contributed by atoms with Crippen molar-refractivity contribution in [2.75, 3.05) is 30.3 Å². The van der Waals surface area contributed by atoms with Crippen LogP contribution in [0.5, 0.6) is 0 Å². The van der Waals surface area contributed by atoms with E-state index in [0.717, 1.165) is 60.3 Å². The Morgan fingerprint density at radius 1 is 1.03 bits per heavy atom. The number of likely N-dealkylation sites (tertiary alicyclic amines) is 1. The van der Waals surface area contributed by atoms with Crippen molar-refractivity contribution < 1.29 is 9.59 Å². The van der Waals surface area contributed by atoms with Gasteiger partial charge in [-0.05, 0) is 69.4 Å². The Labute approximate surface area is 172 Å². The molecule has 2 amide bonds. The summed E-state index contributed by atoms with van der Waals surface area (Å²) in [4.78, 5) is 30.2. The quantitative estimate of drug-likeness (QED) is 0.794. The molecular formula is C24H29N3O2. The Morgan fingerprint density at radius 2 is 1.79 bits per heavy atom. The normalized spacial score (nSPS) is 19.0. The number of aryl methyl sites for hydroxylation is 2. The standard InChI is InChI=1S/C24H29N3O2/c1-16-12-17(2)14-19(13-16)23(28)26-10-4-6-18(15-26)24(29)27-11-5-7-20-21(25)8-3-9-22(20)27/h3,8-9,12-14,18H,4-7,10-11,15,25H2,1-2H3. The monoisotopic (exact) mass is 391 g/mol. The van der Waals surface area contributed by atoms with Gasteiger partial charge >= 0.3 is 0 Å². The molecule has 2 aliphatic rings. The van der Waals surface area contributed by atoms with Gasteiger partial charge in [-0.15, -0.1) is 0 Å². The number of carbonyl (C=O) groups is 2. The highest BCUT2D eigenvalue weighted by Gasteiger charge is 2.34. The van der Waals surface area contributed by atoms with Gasteiger partial charge in [0.05, 0.1) is 5.92 Å². The van der Waals surface area contributed by atoms with E-state index in [2.05, 4.69) is 6.07 Å². The van der Waals surface area contributed by atoms with Crippen molar-refractivity contribution >= 4 is 23.2 Å². The van der Waals surface area contributed by atoms with Gasteiger partial charge < -0.3 is 15.5 Å². The van der Waals surface area contributed by atoms with Crippen molar-refractivity contribution in [1.29, 1.82) is 0 Å². The van der Waals surface area contributed by atoms with Crippen molar-refractivity contribution in [1.82, 2.24) is 4.90 Å². The molecule has 1 saturated heterocycles. The first-order chi connectivity index (χ1) is 13.9. The molecule has 2 N–H and O–H groups in total. The average molecular weight is 392 g/mol. The van der Waals surface area contributed by atoms with Crippen LogP contribution in [0, 0.1) is 19.8 Å². The maximum Gasteiger partial charge on any atom is 0.253 e. The topological polar surface area (TPSA) is 66.6 Å². The fraction of sp³-hybridized carbons (Fsp3) is 0.417. The summed E-state index contributed by atoms with van der Waals surface area (Å²) in [5, 5.41) is 0. The van der Waals surface area contributed by atoms with E-state index in [4.69, 9.17) is 5.73 Å². The summed E-state index contributed by atoms with van der Waals surface area (Å²) in [6, 6.07) is 11.7. The Balaban J connectivity index is 1.53. The number of piperidine rings is 1. The minimum atomic E-state index is -0.161. The maximum atomic E-state index is 13.4. The Kier molecular flexibility index (Phi) is 5.31. The summed E-state index contributed by atoms with van der Waals surface area (Å²) in [5.74, 6) is -0.0157. The number of nitrogens with two attached hydrogens (primary N) is 1. The number of fused-ring (bicyclic) bond motifs is 1. The highest BCUT2D eigenvalue weighted by Crippen LogP contribution is 2.33. The van der Waals surface area contributed by atoms with Gasteiger partial charge in [0.1, 0.15) is 0 Å². The van der Waals surface area contributed by atoms with Gasteiger partial charge in [0.2, 0.25) is 5.91 Å². The van der Waals surface area contributed by atoms with Crippen LogP contribution in [-0.2, 0) is 11.2 Å². The lowest BCUT2D eigenvalue weighted by Gasteiger charge is -2.37. The molecular weight excluding hydrogens is 362 g/mol. The van der Waals surface area contributed by atoms with Crippen LogP contribution in [0.25, 0.3) is 0 Å². The van der Waals surface area contributed by atoms with Crippen LogP contribution in [0.3, 0.4) is 0 Å². The van der Waals surface area contributed by atoms with Crippen LogP contribution in [0.15, 0.2) is 36.4 Å². The third kappa shape index (κ3) is 3.86. The molecule has 152 valence electrons. The van der Waals surface area contributed by atoms with Gasteiger partial charge in [-0.2, -0.15) is 0 Å². The highest BCUT2D eigenvalue weighted by atomic mass is 16.2. The number of anilines is 2. The second-order valence-electron chi connectivity index (χ2n) is 8.41. The molecule has 29 heavy (non-hydrogen) atoms. The number of nitrogen functional groups attached to an aromatic ring is 1. The smallest absolute Gasteiger partial charge is 0.253 e. The number of hydrogen-bond acceptors (Lipinski definition) is 3. The molecule has 0 aliphatic carbocycles. The van der Waals surface area contributed by atoms with E-state index >= 15 is 0 Å². The lowest BCUT2D eigenvalue weighted by molar-refractivity contribution is -0.123. The lowest BCUT2D eigenvalue weighted by Crippen LogP contribution is -2.48. The van der Waals surface area contributed by atoms with Gasteiger partial charge in [0.25, 0.3) is 5.91 Å². The van der Waals surface area contributed by atoms with Gasteiger partial charge in [-0.3, -0.25) is 9.59 Å². The predicted octanol–water partition coefficient (Wildman–Crippen LogP) is 3.72. The van der Waals surface area contributed by atoms with E-state index < -0.39 is 0 Å². The van der Waals surface area contributed by atoms with E-state index in [1.807, 2.05) is 54.0 Å². The molecule has 1 unspecified atom stereocenters. The Hall–Kier alpha value is -2.82. The molecule has 2 aromatic carbocycles. The first-order valence-corrected chi connectivity index (χ1v) is 10.5. The van der Waals surface area contributed by atoms with Gasteiger partial charge in [0.15, 0.2) is 0 Å². The minimum absolute atomic E-state index is 0.0255. The van der Waals surface area contributed by atoms with Crippen molar-refractivity contribution in [3.05, 3.63) is 58.7 Å². The number of amides is 2. The summed E-state index contributed by atoms with van der Waals surface area (Å²) in [7, 11) is 0. The van der Waals surface area contributed by atoms with Crippen LogP contribution in [0.2, 0.25) is 0 Å². The summed E-state index contributed by atoms with van der Waals surface area (Å²) in [6.07, 6.45) is 3.51. The second-order valence-corrected chi connectivity index (χ2v) is 8.41. The largest absolute Gasteiger partial charge is 0.398 e. The SMILES string of the molecule is Cc1cc(C)cc(C(=O)N2CCCC(C(=O)N3CCCc4c(N)cccc43)C2)c1. The second kappa shape index (κ2) is 7.90. The summed E-state index contributed by atoms with van der Waals surface area (Å²) in [5.41, 5.74) is 11.8. The van der Waals surface area contributed by atoms with Crippen molar-refractivity contribution in [2.24, 2.45) is 5.92 Å². The van der Waals surface area contributed by atoms with E-state index in [1.165, 1.54) is 0 Å². The number of nitrogens with zero attached hydrogens (tertiary/aromatic N) is 2. The third-order valence-electron chi connectivity index (χ3n) is 6.08. The van der Waals surface area contributed by atoms with Crippen LogP contribution >= 0.6 is 0 Å². The predicted molar refractivity (Wildman–Crippen MR) is 116 cm³/mol.